The Morgan fingerprint density at radius 3 is 2.38 bits per heavy atom. The third-order valence-electron chi connectivity index (χ3n) is 8.56. The third kappa shape index (κ3) is 5.72. The molecule has 0 aliphatic carbocycles. The molecule has 0 unspecified atom stereocenters. The van der Waals surface area contributed by atoms with Crippen molar-refractivity contribution in [1.82, 2.24) is 14.4 Å². The number of benzene rings is 2. The molecule has 2 saturated heterocycles. The first-order valence-electron chi connectivity index (χ1n) is 14.5. The molecule has 2 aromatic carbocycles. The van der Waals surface area contributed by atoms with Crippen LogP contribution >= 0.6 is 0 Å². The van der Waals surface area contributed by atoms with E-state index in [4.69, 9.17) is 0 Å². The standard InChI is InChI=1S/C33H35N5O4/c1-23(39)35-14-16-36(17-15-35)33(42)26-11-12-30(28(19-26)34-31(40)13-10-24-6-3-2-4-7-24)37-20-25-18-27(22-37)29-8-5-9-32(41)38(29)21-25/h2-13,19,25,27H,14-18,20-22H2,1H3,(H,34,40)/b13-10+/t25-,27+/m1/s1. The van der Waals surface area contributed by atoms with Gasteiger partial charge in [0.25, 0.3) is 11.5 Å². The van der Waals surface area contributed by atoms with E-state index in [0.29, 0.717) is 56.4 Å². The summed E-state index contributed by atoms with van der Waals surface area (Å²) in [6, 6.07) is 20.6. The number of hydrogen-bond acceptors (Lipinski definition) is 5. The van der Waals surface area contributed by atoms with Crippen LogP contribution in [0.2, 0.25) is 0 Å². The monoisotopic (exact) mass is 565 g/mol. The number of carbonyl (C=O) groups excluding carboxylic acids is 3. The van der Waals surface area contributed by atoms with Crippen molar-refractivity contribution in [2.24, 2.45) is 5.92 Å². The lowest BCUT2D eigenvalue weighted by Crippen LogP contribution is -2.50. The number of nitrogens with one attached hydrogen (secondary N) is 1. The van der Waals surface area contributed by atoms with Gasteiger partial charge in [0.05, 0.1) is 11.4 Å². The van der Waals surface area contributed by atoms with E-state index in [9.17, 15) is 19.2 Å². The summed E-state index contributed by atoms with van der Waals surface area (Å²) in [6.45, 7) is 5.63. The van der Waals surface area contributed by atoms with Crippen LogP contribution < -0.4 is 15.8 Å². The summed E-state index contributed by atoms with van der Waals surface area (Å²) in [7, 11) is 0. The Morgan fingerprint density at radius 2 is 1.62 bits per heavy atom. The number of anilines is 2. The number of rotatable bonds is 5. The van der Waals surface area contributed by atoms with Gasteiger partial charge in [-0.25, -0.2) is 0 Å². The molecule has 4 heterocycles. The zero-order chi connectivity index (χ0) is 29.2. The number of carbonyl (C=O) groups is 3. The maximum atomic E-state index is 13.5. The zero-order valence-corrected chi connectivity index (χ0v) is 23.7. The average Bonchev–Trinajstić information content (AvgIpc) is 3.00. The van der Waals surface area contributed by atoms with Crippen LogP contribution in [0.25, 0.3) is 6.08 Å². The van der Waals surface area contributed by atoms with Gasteiger partial charge >= 0.3 is 0 Å². The van der Waals surface area contributed by atoms with Crippen molar-refractivity contribution in [3.63, 3.8) is 0 Å². The third-order valence-corrected chi connectivity index (χ3v) is 8.56. The molecule has 42 heavy (non-hydrogen) atoms. The fourth-order valence-electron chi connectivity index (χ4n) is 6.46. The van der Waals surface area contributed by atoms with E-state index in [1.54, 1.807) is 34.9 Å². The molecule has 2 bridgehead atoms. The Morgan fingerprint density at radius 1 is 0.857 bits per heavy atom. The van der Waals surface area contributed by atoms with Gasteiger partial charge in [-0.2, -0.15) is 0 Å². The lowest BCUT2D eigenvalue weighted by molar-refractivity contribution is -0.130. The molecule has 6 rings (SSSR count). The summed E-state index contributed by atoms with van der Waals surface area (Å²) in [4.78, 5) is 56.6. The van der Waals surface area contributed by atoms with Gasteiger partial charge in [0.2, 0.25) is 11.8 Å². The number of piperazine rings is 1. The summed E-state index contributed by atoms with van der Waals surface area (Å²) >= 11 is 0. The van der Waals surface area contributed by atoms with E-state index >= 15 is 0 Å². The number of fused-ring (bicyclic) bond motifs is 4. The van der Waals surface area contributed by atoms with Crippen LogP contribution in [0, 0.1) is 5.92 Å². The molecule has 0 radical (unpaired) electrons. The van der Waals surface area contributed by atoms with E-state index in [-0.39, 0.29) is 29.2 Å². The van der Waals surface area contributed by atoms with Gasteiger partial charge in [-0.3, -0.25) is 19.2 Å². The van der Waals surface area contributed by atoms with Gasteiger partial charge in [-0.15, -0.1) is 0 Å². The molecule has 0 saturated carbocycles. The first kappa shape index (κ1) is 27.5. The molecule has 3 aliphatic heterocycles. The molecule has 2 fully saturated rings. The summed E-state index contributed by atoms with van der Waals surface area (Å²) < 4.78 is 1.90. The first-order chi connectivity index (χ1) is 20.4. The number of hydrogen-bond donors (Lipinski definition) is 1. The lowest BCUT2D eigenvalue weighted by atomic mass is 9.83. The van der Waals surface area contributed by atoms with Crippen molar-refractivity contribution in [3.8, 4) is 0 Å². The molecule has 0 spiro atoms. The molecule has 9 heteroatoms. The molecule has 9 nitrogen and oxygen atoms in total. The second kappa shape index (κ2) is 11.7. The maximum absolute atomic E-state index is 13.5. The predicted octanol–water partition coefficient (Wildman–Crippen LogP) is 3.43. The number of pyridine rings is 1. The molecule has 1 aromatic heterocycles. The summed E-state index contributed by atoms with van der Waals surface area (Å²) in [5.74, 6) is 0.111. The molecule has 3 aliphatic rings. The normalized spacial score (nSPS) is 19.9. The molecular weight excluding hydrogens is 530 g/mol. The molecule has 3 amide bonds. The molecule has 2 atom stereocenters. The predicted molar refractivity (Wildman–Crippen MR) is 162 cm³/mol. The Balaban J connectivity index is 1.27. The minimum atomic E-state index is -0.283. The molecule has 3 aromatic rings. The fourth-order valence-corrected chi connectivity index (χ4v) is 6.46. The topological polar surface area (TPSA) is 95.0 Å². The van der Waals surface area contributed by atoms with Crippen LogP contribution in [0.5, 0.6) is 0 Å². The number of nitrogens with zero attached hydrogens (tertiary/aromatic N) is 4. The van der Waals surface area contributed by atoms with Crippen molar-refractivity contribution in [3.05, 3.63) is 100.0 Å². The van der Waals surface area contributed by atoms with E-state index in [0.717, 1.165) is 29.9 Å². The Labute approximate surface area is 245 Å². The average molecular weight is 566 g/mol. The smallest absolute Gasteiger partial charge is 0.254 e. The SMILES string of the molecule is CC(=O)N1CCN(C(=O)c2ccc(N3C[C@H]4C[C@@H](C3)c3cccc(=O)n3C4)c(NC(=O)/C=C/c3ccccc3)c2)CC1. The lowest BCUT2D eigenvalue weighted by Gasteiger charge is -2.44. The van der Waals surface area contributed by atoms with Crippen LogP contribution in [0.4, 0.5) is 11.4 Å². The Kier molecular flexibility index (Phi) is 7.65. The van der Waals surface area contributed by atoms with Crippen molar-refractivity contribution in [2.75, 3.05) is 49.5 Å². The van der Waals surface area contributed by atoms with Gasteiger partial charge in [-0.05, 0) is 48.2 Å². The van der Waals surface area contributed by atoms with Crippen LogP contribution in [0.3, 0.4) is 0 Å². The summed E-state index contributed by atoms with van der Waals surface area (Å²) in [5, 5.41) is 3.05. The highest BCUT2D eigenvalue weighted by Gasteiger charge is 2.35. The van der Waals surface area contributed by atoms with Crippen LogP contribution in [0.15, 0.2) is 77.6 Å². The molecule has 216 valence electrons. The zero-order valence-electron chi connectivity index (χ0n) is 23.7. The number of piperidine rings is 1. The van der Waals surface area contributed by atoms with Crippen molar-refractivity contribution < 1.29 is 14.4 Å². The minimum absolute atomic E-state index is 0.0128. The second-order valence-corrected chi connectivity index (χ2v) is 11.4. The van der Waals surface area contributed by atoms with Gasteiger partial charge in [0.1, 0.15) is 0 Å². The fraction of sp³-hybridized carbons (Fsp3) is 0.333. The molecular formula is C33H35N5O4. The minimum Gasteiger partial charge on any atom is -0.369 e. The van der Waals surface area contributed by atoms with Crippen LogP contribution in [0.1, 0.15) is 40.9 Å². The van der Waals surface area contributed by atoms with Gasteiger partial charge in [-0.1, -0.05) is 36.4 Å². The quantitative estimate of drug-likeness (QED) is 0.479. The molecule has 1 N–H and O–H groups in total. The van der Waals surface area contributed by atoms with Gasteiger partial charge in [0, 0.05) is 82.1 Å². The van der Waals surface area contributed by atoms with Crippen molar-refractivity contribution in [2.45, 2.75) is 25.8 Å². The largest absolute Gasteiger partial charge is 0.369 e. The highest BCUT2D eigenvalue weighted by molar-refractivity contribution is 6.05. The second-order valence-electron chi connectivity index (χ2n) is 11.4. The number of amides is 3. The highest BCUT2D eigenvalue weighted by Crippen LogP contribution is 2.39. The first-order valence-corrected chi connectivity index (χ1v) is 14.5. The highest BCUT2D eigenvalue weighted by atomic mass is 16.2. The summed E-state index contributed by atoms with van der Waals surface area (Å²) in [6.07, 6.45) is 4.28. The van der Waals surface area contributed by atoms with E-state index in [1.807, 2.05) is 59.2 Å². The van der Waals surface area contributed by atoms with Crippen LogP contribution in [-0.4, -0.2) is 71.4 Å². The van der Waals surface area contributed by atoms with Crippen molar-refractivity contribution in [1.29, 1.82) is 0 Å². The van der Waals surface area contributed by atoms with E-state index < -0.39 is 0 Å². The van der Waals surface area contributed by atoms with E-state index in [2.05, 4.69) is 10.2 Å². The maximum Gasteiger partial charge on any atom is 0.254 e. The van der Waals surface area contributed by atoms with Crippen molar-refractivity contribution >= 4 is 35.2 Å². The van der Waals surface area contributed by atoms with E-state index in [1.165, 1.54) is 6.08 Å². The van der Waals surface area contributed by atoms with Gasteiger partial charge < -0.3 is 24.6 Å². The summed E-state index contributed by atoms with van der Waals surface area (Å²) in [5.41, 5.74) is 3.94. The van der Waals surface area contributed by atoms with Gasteiger partial charge in [0.15, 0.2) is 0 Å². The Hall–Kier alpha value is -4.66. The Bertz CT molecular complexity index is 1590. The number of aromatic nitrogens is 1. The van der Waals surface area contributed by atoms with Crippen LogP contribution in [-0.2, 0) is 16.1 Å².